The number of rotatable bonds is 2. The van der Waals surface area contributed by atoms with Crippen molar-refractivity contribution < 1.29 is 8.81 Å². The number of fused-ring (bicyclic) bond motifs is 1. The average Bonchev–Trinajstić information content (AvgIpc) is 2.86. The minimum absolute atomic E-state index is 0.234. The van der Waals surface area contributed by atoms with E-state index >= 15 is 0 Å². The quantitative estimate of drug-likeness (QED) is 0.750. The van der Waals surface area contributed by atoms with Crippen molar-refractivity contribution in [2.45, 2.75) is 13.0 Å². The van der Waals surface area contributed by atoms with Crippen molar-refractivity contribution in [2.75, 3.05) is 0 Å². The molecule has 0 bridgehead atoms. The van der Waals surface area contributed by atoms with E-state index in [1.807, 2.05) is 25.1 Å². The summed E-state index contributed by atoms with van der Waals surface area (Å²) in [6.07, 6.45) is 0. The first-order valence-electron chi connectivity index (χ1n) is 6.26. The monoisotopic (exact) mass is 289 g/mol. The highest BCUT2D eigenvalue weighted by Crippen LogP contribution is 2.30. The van der Waals surface area contributed by atoms with Crippen LogP contribution in [0.5, 0.6) is 0 Å². The van der Waals surface area contributed by atoms with Crippen LogP contribution in [0.2, 0.25) is 5.02 Å². The molecule has 1 atom stereocenters. The van der Waals surface area contributed by atoms with Crippen molar-refractivity contribution in [3.05, 3.63) is 70.2 Å². The first-order chi connectivity index (χ1) is 9.56. The Balaban J connectivity index is 2.10. The van der Waals surface area contributed by atoms with Crippen LogP contribution in [0.25, 0.3) is 11.0 Å². The predicted octanol–water partition coefficient (Wildman–Crippen LogP) is 4.58. The first kappa shape index (κ1) is 13.2. The highest BCUT2D eigenvalue weighted by molar-refractivity contribution is 6.30. The molecule has 3 aromatic rings. The Bertz CT molecular complexity index is 781. The van der Waals surface area contributed by atoms with E-state index in [1.54, 1.807) is 18.2 Å². The summed E-state index contributed by atoms with van der Waals surface area (Å²) in [5.41, 5.74) is 8.35. The second-order valence-corrected chi connectivity index (χ2v) is 5.22. The molecule has 0 spiro atoms. The third-order valence-electron chi connectivity index (χ3n) is 3.40. The predicted molar refractivity (Wildman–Crippen MR) is 78.4 cm³/mol. The summed E-state index contributed by atoms with van der Waals surface area (Å²) in [7, 11) is 0. The molecule has 0 amide bonds. The van der Waals surface area contributed by atoms with Gasteiger partial charge in [0.2, 0.25) is 0 Å². The number of furan rings is 1. The second kappa shape index (κ2) is 4.93. The Morgan fingerprint density at radius 3 is 2.75 bits per heavy atom. The minimum Gasteiger partial charge on any atom is -0.456 e. The molecule has 0 saturated carbocycles. The number of hydrogen-bond donors (Lipinski definition) is 1. The fourth-order valence-electron chi connectivity index (χ4n) is 2.30. The van der Waals surface area contributed by atoms with Gasteiger partial charge in [0.1, 0.15) is 5.76 Å². The molecule has 0 aliphatic rings. The summed E-state index contributed by atoms with van der Waals surface area (Å²) in [5.74, 6) is 0.138. The van der Waals surface area contributed by atoms with Crippen molar-refractivity contribution in [3.63, 3.8) is 0 Å². The number of aryl methyl sites for hydroxylation is 1. The lowest BCUT2D eigenvalue weighted by molar-refractivity contribution is 0.501. The van der Waals surface area contributed by atoms with Crippen LogP contribution in [-0.2, 0) is 0 Å². The van der Waals surface area contributed by atoms with Gasteiger partial charge in [0.25, 0.3) is 0 Å². The van der Waals surface area contributed by atoms with Crippen LogP contribution < -0.4 is 5.73 Å². The molecule has 2 nitrogen and oxygen atoms in total. The molecular formula is C16H13ClFNO. The zero-order valence-corrected chi connectivity index (χ0v) is 11.6. The largest absolute Gasteiger partial charge is 0.456 e. The standard InChI is InChI=1S/C16H13ClFNO/c1-9-5-6-11(17)8-12(9)15(19)14-7-10-3-2-4-13(18)16(10)20-14/h2-8,15H,19H2,1H3. The van der Waals surface area contributed by atoms with Crippen molar-refractivity contribution >= 4 is 22.6 Å². The first-order valence-corrected chi connectivity index (χ1v) is 6.63. The summed E-state index contributed by atoms with van der Waals surface area (Å²) in [6.45, 7) is 1.95. The minimum atomic E-state index is -0.472. The third kappa shape index (κ3) is 2.19. The smallest absolute Gasteiger partial charge is 0.169 e. The number of halogens is 2. The van der Waals surface area contributed by atoms with Gasteiger partial charge in [-0.3, -0.25) is 0 Å². The molecule has 4 heteroatoms. The number of nitrogens with two attached hydrogens (primary N) is 1. The molecule has 102 valence electrons. The SMILES string of the molecule is Cc1ccc(Cl)cc1C(N)c1cc2cccc(F)c2o1. The molecule has 3 rings (SSSR count). The van der Waals surface area contributed by atoms with E-state index < -0.39 is 6.04 Å². The highest BCUT2D eigenvalue weighted by Gasteiger charge is 2.17. The van der Waals surface area contributed by atoms with E-state index in [9.17, 15) is 4.39 Å². The van der Waals surface area contributed by atoms with E-state index in [0.29, 0.717) is 16.2 Å². The molecule has 2 aromatic carbocycles. The lowest BCUT2D eigenvalue weighted by Crippen LogP contribution is -2.12. The van der Waals surface area contributed by atoms with Gasteiger partial charge >= 0.3 is 0 Å². The van der Waals surface area contributed by atoms with Crippen LogP contribution in [0.1, 0.15) is 22.9 Å². The maximum atomic E-state index is 13.7. The maximum absolute atomic E-state index is 13.7. The molecule has 0 aliphatic carbocycles. The van der Waals surface area contributed by atoms with Gasteiger partial charge in [-0.05, 0) is 42.3 Å². The van der Waals surface area contributed by atoms with Crippen LogP contribution in [-0.4, -0.2) is 0 Å². The fraction of sp³-hybridized carbons (Fsp3) is 0.125. The molecule has 2 N–H and O–H groups in total. The zero-order valence-electron chi connectivity index (χ0n) is 10.9. The Hall–Kier alpha value is -1.84. The maximum Gasteiger partial charge on any atom is 0.169 e. The van der Waals surface area contributed by atoms with Gasteiger partial charge in [0.05, 0.1) is 6.04 Å². The Kier molecular flexibility index (Phi) is 3.24. The van der Waals surface area contributed by atoms with E-state index in [2.05, 4.69) is 0 Å². The molecule has 0 fully saturated rings. The lowest BCUT2D eigenvalue weighted by Gasteiger charge is -2.12. The van der Waals surface area contributed by atoms with E-state index in [1.165, 1.54) is 6.07 Å². The van der Waals surface area contributed by atoms with Gasteiger partial charge in [-0.25, -0.2) is 4.39 Å². The normalized spacial score (nSPS) is 12.8. The van der Waals surface area contributed by atoms with Crippen molar-refractivity contribution in [1.82, 2.24) is 0 Å². The van der Waals surface area contributed by atoms with Gasteiger partial charge in [-0.1, -0.05) is 29.8 Å². The van der Waals surface area contributed by atoms with Crippen molar-refractivity contribution in [2.24, 2.45) is 5.73 Å². The Morgan fingerprint density at radius 1 is 1.20 bits per heavy atom. The van der Waals surface area contributed by atoms with E-state index in [0.717, 1.165) is 11.1 Å². The van der Waals surface area contributed by atoms with Crippen molar-refractivity contribution in [1.29, 1.82) is 0 Å². The fourth-order valence-corrected chi connectivity index (χ4v) is 2.48. The van der Waals surface area contributed by atoms with Gasteiger partial charge in [-0.2, -0.15) is 0 Å². The number of benzene rings is 2. The van der Waals surface area contributed by atoms with Crippen LogP contribution in [0.15, 0.2) is 46.9 Å². The van der Waals surface area contributed by atoms with E-state index in [-0.39, 0.29) is 11.4 Å². The summed E-state index contributed by atoms with van der Waals surface area (Å²) in [6, 6.07) is 11.6. The zero-order chi connectivity index (χ0) is 14.3. The molecule has 0 aliphatic heterocycles. The van der Waals surface area contributed by atoms with Crippen LogP contribution in [0.3, 0.4) is 0 Å². The second-order valence-electron chi connectivity index (χ2n) is 4.79. The van der Waals surface area contributed by atoms with Gasteiger partial charge in [-0.15, -0.1) is 0 Å². The highest BCUT2D eigenvalue weighted by atomic mass is 35.5. The summed E-state index contributed by atoms with van der Waals surface area (Å²) < 4.78 is 19.2. The van der Waals surface area contributed by atoms with Crippen molar-refractivity contribution in [3.8, 4) is 0 Å². The Morgan fingerprint density at radius 2 is 2.00 bits per heavy atom. The Labute approximate surface area is 121 Å². The lowest BCUT2D eigenvalue weighted by atomic mass is 10.00. The number of para-hydroxylation sites is 1. The third-order valence-corrected chi connectivity index (χ3v) is 3.63. The average molecular weight is 290 g/mol. The van der Waals surface area contributed by atoms with Gasteiger partial charge < -0.3 is 10.2 Å². The molecule has 1 heterocycles. The summed E-state index contributed by atoms with van der Waals surface area (Å²) in [5, 5.41) is 1.32. The van der Waals surface area contributed by atoms with Crippen LogP contribution in [0.4, 0.5) is 4.39 Å². The topological polar surface area (TPSA) is 39.2 Å². The van der Waals surface area contributed by atoms with Crippen LogP contribution in [0, 0.1) is 12.7 Å². The molecule has 0 radical (unpaired) electrons. The molecular weight excluding hydrogens is 277 g/mol. The summed E-state index contributed by atoms with van der Waals surface area (Å²) >= 11 is 6.01. The van der Waals surface area contributed by atoms with Crippen LogP contribution >= 0.6 is 11.6 Å². The molecule has 20 heavy (non-hydrogen) atoms. The summed E-state index contributed by atoms with van der Waals surface area (Å²) in [4.78, 5) is 0. The van der Waals surface area contributed by atoms with Gasteiger partial charge in [0.15, 0.2) is 11.4 Å². The van der Waals surface area contributed by atoms with Gasteiger partial charge in [0, 0.05) is 10.4 Å². The molecule has 1 unspecified atom stereocenters. The molecule has 0 saturated heterocycles. The van der Waals surface area contributed by atoms with E-state index in [4.69, 9.17) is 21.8 Å². The molecule has 1 aromatic heterocycles. The number of hydrogen-bond acceptors (Lipinski definition) is 2.